The normalized spacial score (nSPS) is 19.4. The Kier molecular flexibility index (Phi) is 15.6. The molecule has 6 rings (SSSR count). The van der Waals surface area contributed by atoms with Crippen LogP contribution in [0.25, 0.3) is 0 Å². The summed E-state index contributed by atoms with van der Waals surface area (Å²) in [5, 5.41) is 57.8. The van der Waals surface area contributed by atoms with E-state index in [4.69, 9.17) is 9.97 Å². The molecule has 4 amide bonds. The van der Waals surface area contributed by atoms with Crippen LogP contribution in [0.5, 0.6) is 0 Å². The van der Waals surface area contributed by atoms with Crippen molar-refractivity contribution in [3.05, 3.63) is 46.3 Å². The summed E-state index contributed by atoms with van der Waals surface area (Å²) in [6.07, 6.45) is 8.57. The SMILES string of the molecule is CC(=O)NC(C(=O)O)C1(O)CCN(C(=O)NCCCCc2cc(CC(C)NC(C(=O)O)C3(O)CCN(C(=O)CCCc4ccc5c(n4)NCCC5)CC3)c3c(n2)NCCC3)CC1. The number of hydrogen-bond donors (Lipinski definition) is 9. The molecule has 9 N–H and O–H groups in total. The van der Waals surface area contributed by atoms with Gasteiger partial charge in [-0.05, 0) is 126 Å². The Morgan fingerprint density at radius 1 is 0.790 bits per heavy atom. The van der Waals surface area contributed by atoms with E-state index in [1.54, 1.807) is 4.90 Å². The number of likely N-dealkylation sites (tertiary alicyclic amines) is 2. The van der Waals surface area contributed by atoms with Crippen LogP contribution in [0, 0.1) is 0 Å². The summed E-state index contributed by atoms with van der Waals surface area (Å²) in [5.74, 6) is -1.24. The number of pyridine rings is 2. The number of rotatable bonds is 18. The van der Waals surface area contributed by atoms with Crippen molar-refractivity contribution >= 4 is 41.4 Å². The highest BCUT2D eigenvalue weighted by atomic mass is 16.4. The lowest BCUT2D eigenvalue weighted by molar-refractivity contribution is -0.153. The zero-order valence-corrected chi connectivity index (χ0v) is 36.1. The lowest BCUT2D eigenvalue weighted by atomic mass is 9.83. The summed E-state index contributed by atoms with van der Waals surface area (Å²) in [6.45, 7) is 6.11. The molecule has 18 heteroatoms. The average Bonchev–Trinajstić information content (AvgIpc) is 3.24. The molecule has 18 nitrogen and oxygen atoms in total. The first-order valence-corrected chi connectivity index (χ1v) is 22.4. The van der Waals surface area contributed by atoms with Gasteiger partial charge in [0.05, 0.1) is 11.2 Å². The van der Waals surface area contributed by atoms with Crippen molar-refractivity contribution in [1.82, 2.24) is 35.7 Å². The molecule has 6 heterocycles. The van der Waals surface area contributed by atoms with Gasteiger partial charge in [0.15, 0.2) is 6.04 Å². The van der Waals surface area contributed by atoms with E-state index in [9.17, 15) is 44.4 Å². The third kappa shape index (κ3) is 11.9. The highest BCUT2D eigenvalue weighted by Gasteiger charge is 2.46. The number of aromatic nitrogens is 2. The second-order valence-corrected chi connectivity index (χ2v) is 17.6. The third-order valence-corrected chi connectivity index (χ3v) is 12.9. The number of carbonyl (C=O) groups is 5. The maximum atomic E-state index is 13.1. The van der Waals surface area contributed by atoms with E-state index >= 15 is 0 Å². The molecule has 0 aliphatic carbocycles. The second kappa shape index (κ2) is 20.9. The molecule has 3 atom stereocenters. The Bertz CT molecular complexity index is 1930. The molecule has 0 aromatic carbocycles. The molecule has 0 radical (unpaired) electrons. The number of carboxylic acids is 2. The Morgan fingerprint density at radius 3 is 2.08 bits per heavy atom. The van der Waals surface area contributed by atoms with Crippen LogP contribution in [0.3, 0.4) is 0 Å². The van der Waals surface area contributed by atoms with Gasteiger partial charge in [-0.1, -0.05) is 6.07 Å². The first-order chi connectivity index (χ1) is 29.6. The van der Waals surface area contributed by atoms with Gasteiger partial charge in [0.2, 0.25) is 11.8 Å². The standard InChI is InChI=1S/C44H65N9O9/c1-28(48-36(40(56)57)43(61)15-22-52(23-16-43)35(55)12-5-10-32-14-13-30-8-6-20-45-38(30)50-32)26-31-27-33(51-39-34(31)11-7-21-46-39)9-3-4-19-47-42(60)53-24-17-44(62,18-25-53)37(41(58)59)49-29(2)54/h13-14,27-28,36-37,48,61-62H,3-12,15-26H2,1-2H3,(H,45,50)(H,46,51)(H,47,60)(H,49,54)(H,56,57)(H,58,59). The number of unbranched alkanes of at least 4 members (excludes halogenated alkanes) is 1. The lowest BCUT2D eigenvalue weighted by Crippen LogP contribution is -2.62. The van der Waals surface area contributed by atoms with Crippen molar-refractivity contribution in [3.8, 4) is 0 Å². The van der Waals surface area contributed by atoms with E-state index in [0.717, 1.165) is 79.3 Å². The van der Waals surface area contributed by atoms with Crippen LogP contribution in [-0.2, 0) is 51.3 Å². The maximum absolute atomic E-state index is 13.1. The van der Waals surface area contributed by atoms with E-state index in [1.807, 2.05) is 13.0 Å². The first-order valence-electron chi connectivity index (χ1n) is 22.4. The minimum atomic E-state index is -1.66. The predicted octanol–water partition coefficient (Wildman–Crippen LogP) is 1.99. The predicted molar refractivity (Wildman–Crippen MR) is 231 cm³/mol. The van der Waals surface area contributed by atoms with Gasteiger partial charge in [0.25, 0.3) is 0 Å². The monoisotopic (exact) mass is 863 g/mol. The highest BCUT2D eigenvalue weighted by Crippen LogP contribution is 2.30. The molecule has 2 fully saturated rings. The Hall–Kier alpha value is -5.07. The fourth-order valence-corrected chi connectivity index (χ4v) is 9.29. The van der Waals surface area contributed by atoms with Gasteiger partial charge < -0.3 is 51.5 Å². The molecule has 4 aliphatic rings. The smallest absolute Gasteiger partial charge is 0.329 e. The van der Waals surface area contributed by atoms with Crippen molar-refractivity contribution in [3.63, 3.8) is 0 Å². The minimum absolute atomic E-state index is 0.000451. The molecule has 62 heavy (non-hydrogen) atoms. The summed E-state index contributed by atoms with van der Waals surface area (Å²) >= 11 is 0. The molecule has 4 aliphatic heterocycles. The number of nitrogens with zero attached hydrogens (tertiary/aromatic N) is 4. The highest BCUT2D eigenvalue weighted by molar-refractivity contribution is 5.83. The molecular weight excluding hydrogens is 799 g/mol. The van der Waals surface area contributed by atoms with Crippen LogP contribution in [0.4, 0.5) is 16.4 Å². The maximum Gasteiger partial charge on any atom is 0.329 e. The number of aryl methyl sites for hydroxylation is 3. The fourth-order valence-electron chi connectivity index (χ4n) is 9.29. The van der Waals surface area contributed by atoms with E-state index < -0.39 is 41.1 Å². The van der Waals surface area contributed by atoms with Crippen LogP contribution in [0.2, 0.25) is 0 Å². The number of aliphatic carboxylic acids is 2. The van der Waals surface area contributed by atoms with Gasteiger partial charge in [0, 0.05) is 76.6 Å². The summed E-state index contributed by atoms with van der Waals surface area (Å²) < 4.78 is 0. The van der Waals surface area contributed by atoms with Gasteiger partial charge >= 0.3 is 18.0 Å². The number of hydrogen-bond acceptors (Lipinski definition) is 12. The summed E-state index contributed by atoms with van der Waals surface area (Å²) in [5.41, 5.74) is 2.07. The van der Waals surface area contributed by atoms with Crippen LogP contribution in [0.15, 0.2) is 18.2 Å². The molecule has 2 aromatic heterocycles. The van der Waals surface area contributed by atoms with Crippen molar-refractivity contribution in [2.75, 3.05) is 56.4 Å². The van der Waals surface area contributed by atoms with Crippen LogP contribution < -0.4 is 26.6 Å². The number of urea groups is 1. The van der Waals surface area contributed by atoms with E-state index in [0.29, 0.717) is 45.1 Å². The van der Waals surface area contributed by atoms with Crippen LogP contribution in [-0.4, -0.2) is 145 Å². The molecule has 0 bridgehead atoms. The summed E-state index contributed by atoms with van der Waals surface area (Å²) in [6, 6.07) is 2.96. The summed E-state index contributed by atoms with van der Waals surface area (Å²) in [7, 11) is 0. The van der Waals surface area contributed by atoms with Crippen LogP contribution in [0.1, 0.15) is 106 Å². The number of fused-ring (bicyclic) bond motifs is 2. The van der Waals surface area contributed by atoms with E-state index in [1.165, 1.54) is 17.4 Å². The largest absolute Gasteiger partial charge is 0.480 e. The fraction of sp³-hybridized carbons (Fsp3) is 0.659. The van der Waals surface area contributed by atoms with Crippen molar-refractivity contribution < 1.29 is 44.4 Å². The zero-order chi connectivity index (χ0) is 44.4. The number of anilines is 2. The first kappa shape index (κ1) is 46.4. The molecule has 3 unspecified atom stereocenters. The number of carboxylic acid groups (broad SMARTS) is 2. The number of carbonyl (C=O) groups excluding carboxylic acids is 3. The molecule has 0 spiro atoms. The van der Waals surface area contributed by atoms with Crippen molar-refractivity contribution in [2.45, 2.75) is 139 Å². The Balaban J connectivity index is 0.952. The molecule has 340 valence electrons. The molecule has 2 aromatic rings. The topological polar surface area (TPSA) is 259 Å². The quantitative estimate of drug-likeness (QED) is 0.0973. The van der Waals surface area contributed by atoms with Crippen LogP contribution >= 0.6 is 0 Å². The van der Waals surface area contributed by atoms with Crippen molar-refractivity contribution in [2.24, 2.45) is 0 Å². The molecule has 0 saturated carbocycles. The van der Waals surface area contributed by atoms with Gasteiger partial charge in [-0.25, -0.2) is 19.6 Å². The molecular formula is C44H65N9O9. The van der Waals surface area contributed by atoms with Gasteiger partial charge in [0.1, 0.15) is 17.7 Å². The minimum Gasteiger partial charge on any atom is -0.480 e. The second-order valence-electron chi connectivity index (χ2n) is 17.6. The van der Waals surface area contributed by atoms with Gasteiger partial charge in [-0.2, -0.15) is 0 Å². The van der Waals surface area contributed by atoms with E-state index in [-0.39, 0.29) is 69.8 Å². The average molecular weight is 864 g/mol. The van der Waals surface area contributed by atoms with E-state index in [2.05, 4.69) is 38.7 Å². The Labute approximate surface area is 363 Å². The Morgan fingerprint density at radius 2 is 1.40 bits per heavy atom. The zero-order valence-electron chi connectivity index (χ0n) is 36.1. The van der Waals surface area contributed by atoms with Crippen molar-refractivity contribution in [1.29, 1.82) is 0 Å². The lowest BCUT2D eigenvalue weighted by Gasteiger charge is -2.42. The van der Waals surface area contributed by atoms with Gasteiger partial charge in [-0.3, -0.25) is 19.7 Å². The number of aliphatic hydroxyl groups is 2. The number of amides is 4. The number of nitrogens with one attached hydrogen (secondary N) is 5. The third-order valence-electron chi connectivity index (χ3n) is 12.9. The number of piperidine rings is 2. The van der Waals surface area contributed by atoms with Gasteiger partial charge in [-0.15, -0.1) is 0 Å². The molecule has 2 saturated heterocycles. The summed E-state index contributed by atoms with van der Waals surface area (Å²) in [4.78, 5) is 74.8.